The molecule has 0 saturated carbocycles. The molecule has 4 heteroatoms. The van der Waals surface area contributed by atoms with Gasteiger partial charge in [-0.25, -0.2) is 8.93 Å². The average Bonchev–Trinajstić information content (AvgIpc) is 2.69. The van der Waals surface area contributed by atoms with E-state index in [9.17, 15) is 9.32 Å². The molecule has 0 saturated heterocycles. The highest BCUT2D eigenvalue weighted by atomic mass is 32.2. The number of hydrogen-bond donors (Lipinski definition) is 2. The molecule has 3 aromatic carbocycles. The van der Waals surface area contributed by atoms with E-state index in [0.29, 0.717) is 6.42 Å². The van der Waals surface area contributed by atoms with Gasteiger partial charge >= 0.3 is 0 Å². The smallest absolute Gasteiger partial charge is 0.125 e. The predicted molar refractivity (Wildman–Crippen MR) is 106 cm³/mol. The molecule has 0 radical (unpaired) electrons. The van der Waals surface area contributed by atoms with Crippen LogP contribution in [0.4, 0.5) is 0 Å². The third kappa shape index (κ3) is 4.88. The van der Waals surface area contributed by atoms with Crippen molar-refractivity contribution in [3.05, 3.63) is 102 Å². The fourth-order valence-corrected chi connectivity index (χ4v) is 3.84. The molecule has 134 valence electrons. The molecule has 0 spiro atoms. The fourth-order valence-electron chi connectivity index (χ4n) is 2.83. The van der Waals surface area contributed by atoms with E-state index in [1.54, 1.807) is 0 Å². The van der Waals surface area contributed by atoms with Crippen molar-refractivity contribution in [3.63, 3.8) is 0 Å². The lowest BCUT2D eigenvalue weighted by atomic mass is 9.97. The Hall–Kier alpha value is -2.27. The number of hydrogen-bond acceptors (Lipinski definition) is 2. The van der Waals surface area contributed by atoms with Gasteiger partial charge in [0.05, 0.1) is 11.0 Å². The SMILES string of the molecule is Cc1ccc([S@](=O)N[C@H](C[C@H](O)c2ccccc2)c2ccccc2)cc1. The van der Waals surface area contributed by atoms with Crippen LogP contribution in [-0.2, 0) is 11.0 Å². The first-order chi connectivity index (χ1) is 12.6. The van der Waals surface area contributed by atoms with Gasteiger partial charge in [0, 0.05) is 6.04 Å². The average molecular weight is 365 g/mol. The van der Waals surface area contributed by atoms with Gasteiger partial charge in [-0.2, -0.15) is 0 Å². The summed E-state index contributed by atoms with van der Waals surface area (Å²) in [6.07, 6.45) is -0.199. The lowest BCUT2D eigenvalue weighted by molar-refractivity contribution is 0.156. The van der Waals surface area contributed by atoms with Crippen LogP contribution in [0.25, 0.3) is 0 Å². The third-order valence-electron chi connectivity index (χ3n) is 4.33. The van der Waals surface area contributed by atoms with Crippen LogP contribution in [0.2, 0.25) is 0 Å². The zero-order chi connectivity index (χ0) is 18.4. The Balaban J connectivity index is 1.79. The Kier molecular flexibility index (Phi) is 6.34. The maximum Gasteiger partial charge on any atom is 0.125 e. The minimum Gasteiger partial charge on any atom is -0.388 e. The maximum absolute atomic E-state index is 12.8. The van der Waals surface area contributed by atoms with E-state index in [1.165, 1.54) is 0 Å². The van der Waals surface area contributed by atoms with E-state index >= 15 is 0 Å². The number of rotatable bonds is 7. The van der Waals surface area contributed by atoms with Gasteiger partial charge in [-0.1, -0.05) is 78.4 Å². The largest absolute Gasteiger partial charge is 0.388 e. The summed E-state index contributed by atoms with van der Waals surface area (Å²) in [6, 6.07) is 26.8. The van der Waals surface area contributed by atoms with Crippen molar-refractivity contribution in [3.8, 4) is 0 Å². The first kappa shape index (κ1) is 18.5. The molecule has 3 aromatic rings. The predicted octanol–water partition coefficient (Wildman–Crippen LogP) is 4.47. The van der Waals surface area contributed by atoms with Crippen molar-refractivity contribution < 1.29 is 9.32 Å². The van der Waals surface area contributed by atoms with Gasteiger partial charge in [-0.3, -0.25) is 0 Å². The molecule has 3 nitrogen and oxygen atoms in total. The van der Waals surface area contributed by atoms with E-state index in [-0.39, 0.29) is 6.04 Å². The van der Waals surface area contributed by atoms with Gasteiger partial charge in [-0.15, -0.1) is 0 Å². The van der Waals surface area contributed by atoms with Crippen LogP contribution in [0.3, 0.4) is 0 Å². The molecule has 0 aliphatic rings. The third-order valence-corrected chi connectivity index (χ3v) is 5.53. The van der Waals surface area contributed by atoms with Crippen molar-refractivity contribution in [2.75, 3.05) is 0 Å². The lowest BCUT2D eigenvalue weighted by Gasteiger charge is -2.22. The van der Waals surface area contributed by atoms with Crippen molar-refractivity contribution >= 4 is 11.0 Å². The van der Waals surface area contributed by atoms with Gasteiger partial charge in [0.2, 0.25) is 0 Å². The van der Waals surface area contributed by atoms with E-state index in [4.69, 9.17) is 0 Å². The van der Waals surface area contributed by atoms with Gasteiger partial charge in [0.25, 0.3) is 0 Å². The van der Waals surface area contributed by atoms with Crippen LogP contribution in [0.15, 0.2) is 89.8 Å². The molecule has 0 aromatic heterocycles. The summed E-state index contributed by atoms with van der Waals surface area (Å²) in [7, 11) is -1.36. The maximum atomic E-state index is 12.8. The minimum absolute atomic E-state index is 0.228. The molecule has 0 aliphatic carbocycles. The number of aliphatic hydroxyl groups excluding tert-OH is 1. The van der Waals surface area contributed by atoms with Crippen LogP contribution < -0.4 is 4.72 Å². The number of aliphatic hydroxyl groups is 1. The van der Waals surface area contributed by atoms with Gasteiger partial charge in [0.1, 0.15) is 11.0 Å². The summed E-state index contributed by atoms with van der Waals surface area (Å²) < 4.78 is 16.0. The molecular formula is C22H23NO2S. The van der Waals surface area contributed by atoms with Gasteiger partial charge in [0.15, 0.2) is 0 Å². The molecule has 2 N–H and O–H groups in total. The van der Waals surface area contributed by atoms with Crippen molar-refractivity contribution in [1.29, 1.82) is 0 Å². The standard InChI is InChI=1S/C22H23NO2S/c1-17-12-14-20(15-13-17)26(25)23-21(18-8-4-2-5-9-18)16-22(24)19-10-6-3-7-11-19/h2-15,21-24H,16H2,1H3/t21-,22+,26+/m1/s1. The first-order valence-corrected chi connectivity index (χ1v) is 9.81. The molecule has 0 fully saturated rings. The molecule has 0 heterocycles. The van der Waals surface area contributed by atoms with E-state index < -0.39 is 17.1 Å². The molecule has 3 atom stereocenters. The second-order valence-electron chi connectivity index (χ2n) is 6.33. The summed E-state index contributed by atoms with van der Waals surface area (Å²) in [5.41, 5.74) is 2.99. The molecule has 0 bridgehead atoms. The van der Waals surface area contributed by atoms with Crippen molar-refractivity contribution in [2.24, 2.45) is 0 Å². The number of nitrogens with one attached hydrogen (secondary N) is 1. The zero-order valence-corrected chi connectivity index (χ0v) is 15.5. The van der Waals surface area contributed by atoms with Crippen LogP contribution in [0.5, 0.6) is 0 Å². The minimum atomic E-state index is -1.36. The topological polar surface area (TPSA) is 49.3 Å². The Morgan fingerprint density at radius 2 is 1.38 bits per heavy atom. The van der Waals surface area contributed by atoms with Crippen LogP contribution >= 0.6 is 0 Å². The van der Waals surface area contributed by atoms with Crippen LogP contribution in [0.1, 0.15) is 35.3 Å². The molecule has 0 amide bonds. The fraction of sp³-hybridized carbons (Fsp3) is 0.182. The molecular weight excluding hydrogens is 342 g/mol. The monoisotopic (exact) mass is 365 g/mol. The summed E-state index contributed by atoms with van der Waals surface area (Å²) >= 11 is 0. The van der Waals surface area contributed by atoms with E-state index in [1.807, 2.05) is 91.9 Å². The highest BCUT2D eigenvalue weighted by molar-refractivity contribution is 7.83. The van der Waals surface area contributed by atoms with Gasteiger partial charge in [-0.05, 0) is 36.6 Å². The van der Waals surface area contributed by atoms with E-state index in [0.717, 1.165) is 21.6 Å². The zero-order valence-electron chi connectivity index (χ0n) is 14.7. The highest BCUT2D eigenvalue weighted by Crippen LogP contribution is 2.27. The first-order valence-electron chi connectivity index (χ1n) is 8.66. The van der Waals surface area contributed by atoms with Crippen molar-refractivity contribution in [1.82, 2.24) is 4.72 Å². The Bertz CT molecular complexity index is 835. The molecule has 0 aliphatic heterocycles. The Morgan fingerprint density at radius 1 is 0.846 bits per heavy atom. The Morgan fingerprint density at radius 3 is 1.96 bits per heavy atom. The molecule has 3 rings (SSSR count). The second-order valence-corrected chi connectivity index (χ2v) is 7.57. The van der Waals surface area contributed by atoms with Gasteiger partial charge < -0.3 is 5.11 Å². The van der Waals surface area contributed by atoms with Crippen LogP contribution in [0, 0.1) is 6.92 Å². The second kappa shape index (κ2) is 8.90. The summed E-state index contributed by atoms with van der Waals surface area (Å²) in [4.78, 5) is 0.728. The van der Waals surface area contributed by atoms with E-state index in [2.05, 4.69) is 4.72 Å². The molecule has 26 heavy (non-hydrogen) atoms. The summed E-state index contributed by atoms with van der Waals surface area (Å²) in [6.45, 7) is 2.00. The quantitative estimate of drug-likeness (QED) is 0.649. The summed E-state index contributed by atoms with van der Waals surface area (Å²) in [5.74, 6) is 0. The number of benzene rings is 3. The normalized spacial score (nSPS) is 14.5. The molecule has 0 unspecified atom stereocenters. The highest BCUT2D eigenvalue weighted by Gasteiger charge is 2.20. The van der Waals surface area contributed by atoms with Crippen molar-refractivity contribution in [2.45, 2.75) is 30.4 Å². The Labute approximate surface area is 157 Å². The number of aryl methyl sites for hydroxylation is 1. The van der Waals surface area contributed by atoms with Crippen LogP contribution in [-0.4, -0.2) is 9.32 Å². The summed E-state index contributed by atoms with van der Waals surface area (Å²) in [5, 5.41) is 10.6. The lowest BCUT2D eigenvalue weighted by Crippen LogP contribution is -2.25.